The molecule has 2 aromatic carbocycles. The molecule has 0 heterocycles. The summed E-state index contributed by atoms with van der Waals surface area (Å²) in [6.45, 7) is 3.60. The van der Waals surface area contributed by atoms with E-state index < -0.39 is 0 Å². The van der Waals surface area contributed by atoms with E-state index in [4.69, 9.17) is 0 Å². The Balaban J connectivity index is 0.000000215. The first-order valence-electron chi connectivity index (χ1n) is 3.94. The third-order valence-electron chi connectivity index (χ3n) is 1.48. The van der Waals surface area contributed by atoms with E-state index in [1.54, 1.807) is 0 Å². The third kappa shape index (κ3) is 5.33. The predicted molar refractivity (Wildman–Crippen MR) is 54.2 cm³/mol. The van der Waals surface area contributed by atoms with Crippen molar-refractivity contribution in [1.82, 2.24) is 0 Å². The van der Waals surface area contributed by atoms with Crippen LogP contribution in [0.25, 0.3) is 6.08 Å². The molecule has 0 nitrogen and oxygen atoms in total. The van der Waals surface area contributed by atoms with Crippen molar-refractivity contribution in [2.75, 3.05) is 0 Å². The van der Waals surface area contributed by atoms with Crippen LogP contribution in [0, 0.1) is 0 Å². The Morgan fingerprint density at radius 3 is 1.77 bits per heavy atom. The van der Waals surface area contributed by atoms with E-state index in [0.717, 1.165) is 0 Å². The minimum atomic E-state index is 0. The second-order valence-electron chi connectivity index (χ2n) is 2.38. The fourth-order valence-electron chi connectivity index (χ4n) is 0.846. The van der Waals surface area contributed by atoms with E-state index >= 15 is 0 Å². The SMILES string of the molecule is C=C[c-]1cccc1.[Ru+2].c1cc[cH-]c1. The van der Waals surface area contributed by atoms with Crippen LogP contribution in [0.3, 0.4) is 0 Å². The summed E-state index contributed by atoms with van der Waals surface area (Å²) < 4.78 is 0. The van der Waals surface area contributed by atoms with E-state index in [1.807, 2.05) is 60.7 Å². The molecule has 0 saturated heterocycles. The third-order valence-corrected chi connectivity index (χ3v) is 1.48. The van der Waals surface area contributed by atoms with E-state index in [2.05, 4.69) is 6.58 Å². The molecule has 0 atom stereocenters. The van der Waals surface area contributed by atoms with Gasteiger partial charge in [0.2, 0.25) is 0 Å². The summed E-state index contributed by atoms with van der Waals surface area (Å²) >= 11 is 0. The predicted octanol–water partition coefficient (Wildman–Crippen LogP) is 3.45. The normalized spacial score (nSPS) is 7.69. The summed E-state index contributed by atoms with van der Waals surface area (Å²) in [5.41, 5.74) is 1.19. The monoisotopic (exact) mass is 258 g/mol. The van der Waals surface area contributed by atoms with Crippen LogP contribution in [0.5, 0.6) is 0 Å². The number of rotatable bonds is 1. The van der Waals surface area contributed by atoms with Crippen molar-refractivity contribution in [2.45, 2.75) is 0 Å². The Morgan fingerprint density at radius 2 is 1.54 bits per heavy atom. The van der Waals surface area contributed by atoms with Crippen LogP contribution >= 0.6 is 0 Å². The molecule has 1 heteroatoms. The molecule has 0 aliphatic carbocycles. The zero-order valence-corrected chi connectivity index (χ0v) is 9.07. The maximum atomic E-state index is 3.60. The van der Waals surface area contributed by atoms with Gasteiger partial charge in [0.15, 0.2) is 0 Å². The fraction of sp³-hybridized carbons (Fsp3) is 0. The Kier molecular flexibility index (Phi) is 7.14. The van der Waals surface area contributed by atoms with Crippen molar-refractivity contribution in [2.24, 2.45) is 0 Å². The van der Waals surface area contributed by atoms with Crippen molar-refractivity contribution < 1.29 is 19.5 Å². The molecule has 0 saturated carbocycles. The maximum Gasteiger partial charge on any atom is 2.00 e. The molecule has 0 bridgehead atoms. The topological polar surface area (TPSA) is 0 Å². The molecular weight excluding hydrogens is 245 g/mol. The van der Waals surface area contributed by atoms with E-state index in [1.165, 1.54) is 5.56 Å². The molecule has 0 aliphatic rings. The molecule has 13 heavy (non-hydrogen) atoms. The molecule has 68 valence electrons. The van der Waals surface area contributed by atoms with Gasteiger partial charge in [-0.15, -0.1) is 23.8 Å². The first-order chi connectivity index (χ1) is 5.93. The van der Waals surface area contributed by atoms with Gasteiger partial charge in [-0.25, -0.2) is 12.1 Å². The summed E-state index contributed by atoms with van der Waals surface area (Å²) in [6.07, 6.45) is 1.83. The van der Waals surface area contributed by atoms with Crippen LogP contribution in [0.2, 0.25) is 0 Å². The molecule has 0 aromatic heterocycles. The second-order valence-corrected chi connectivity index (χ2v) is 2.38. The van der Waals surface area contributed by atoms with Gasteiger partial charge in [0.1, 0.15) is 0 Å². The summed E-state index contributed by atoms with van der Waals surface area (Å²) in [5.74, 6) is 0. The van der Waals surface area contributed by atoms with Crippen molar-refractivity contribution in [3.05, 3.63) is 66.7 Å². The first-order valence-corrected chi connectivity index (χ1v) is 3.94. The first kappa shape index (κ1) is 12.1. The second kappa shape index (κ2) is 7.70. The van der Waals surface area contributed by atoms with Gasteiger partial charge in [-0.05, 0) is 0 Å². The summed E-state index contributed by atoms with van der Waals surface area (Å²) in [6, 6.07) is 18.0. The number of hydrogen-bond donors (Lipinski definition) is 0. The van der Waals surface area contributed by atoms with Crippen LogP contribution in [-0.4, -0.2) is 0 Å². The van der Waals surface area contributed by atoms with Crippen LogP contribution in [0.15, 0.2) is 61.2 Å². The Morgan fingerprint density at radius 1 is 1.00 bits per heavy atom. The quantitative estimate of drug-likeness (QED) is 0.542. The molecule has 2 aromatic rings. The number of hydrogen-bond acceptors (Lipinski definition) is 0. The van der Waals surface area contributed by atoms with Gasteiger partial charge in [0.05, 0.1) is 0 Å². The molecule has 0 unspecified atom stereocenters. The van der Waals surface area contributed by atoms with Gasteiger partial charge in [-0.2, -0.15) is 36.9 Å². The smallest absolute Gasteiger partial charge is 0.214 e. The Labute approximate surface area is 92.4 Å². The fourth-order valence-corrected chi connectivity index (χ4v) is 0.846. The van der Waals surface area contributed by atoms with Crippen LogP contribution in [-0.2, 0) is 19.5 Å². The van der Waals surface area contributed by atoms with Gasteiger partial charge < -0.3 is 0 Å². The van der Waals surface area contributed by atoms with Crippen molar-refractivity contribution >= 4 is 6.08 Å². The molecule has 0 spiro atoms. The van der Waals surface area contributed by atoms with E-state index in [-0.39, 0.29) is 19.5 Å². The largest absolute Gasteiger partial charge is 2.00 e. The van der Waals surface area contributed by atoms with E-state index in [0.29, 0.717) is 0 Å². The zero-order chi connectivity index (χ0) is 8.65. The van der Waals surface area contributed by atoms with Gasteiger partial charge >= 0.3 is 19.5 Å². The summed E-state index contributed by atoms with van der Waals surface area (Å²) in [7, 11) is 0. The molecule has 0 fully saturated rings. The van der Waals surface area contributed by atoms with Crippen molar-refractivity contribution in [3.63, 3.8) is 0 Å². The van der Waals surface area contributed by atoms with E-state index in [9.17, 15) is 0 Å². The molecule has 0 amide bonds. The molecular formula is C12H12Ru. The van der Waals surface area contributed by atoms with Crippen LogP contribution in [0.1, 0.15) is 5.56 Å². The molecule has 0 radical (unpaired) electrons. The van der Waals surface area contributed by atoms with Gasteiger partial charge in [-0.3, -0.25) is 0 Å². The van der Waals surface area contributed by atoms with Gasteiger partial charge in [0.25, 0.3) is 0 Å². The van der Waals surface area contributed by atoms with Gasteiger partial charge in [0, 0.05) is 0 Å². The minimum absolute atomic E-state index is 0. The zero-order valence-electron chi connectivity index (χ0n) is 7.33. The molecule has 0 N–H and O–H groups in total. The standard InChI is InChI=1S/C7H7.C5H5.Ru/c1-2-7-5-3-4-6-7;1-2-4-5-3-1;/h2-6H,1H2;1-5H;/q2*-1;+2. The maximum absolute atomic E-state index is 3.60. The van der Waals surface area contributed by atoms with Crippen molar-refractivity contribution in [3.8, 4) is 0 Å². The average molecular weight is 257 g/mol. The molecule has 0 aliphatic heterocycles. The summed E-state index contributed by atoms with van der Waals surface area (Å²) in [5, 5.41) is 0. The minimum Gasteiger partial charge on any atom is -0.214 e. The Hall–Kier alpha value is -0.937. The van der Waals surface area contributed by atoms with Crippen LogP contribution < -0.4 is 0 Å². The average Bonchev–Trinajstić information content (AvgIpc) is 2.81. The Bertz CT molecular complexity index is 260. The van der Waals surface area contributed by atoms with Gasteiger partial charge in [-0.1, -0.05) is 0 Å². The molecule has 2 rings (SSSR count). The van der Waals surface area contributed by atoms with Crippen LogP contribution in [0.4, 0.5) is 0 Å². The van der Waals surface area contributed by atoms with Crippen molar-refractivity contribution in [1.29, 1.82) is 0 Å². The summed E-state index contributed by atoms with van der Waals surface area (Å²) in [4.78, 5) is 0.